The molecule has 0 aliphatic carbocycles. The Labute approximate surface area is 151 Å². The SMILES string of the molecule is CC(C)(C)c1ccnc(-c2cccc(C(C)(C)c3ccccc3)c2)c1. The van der Waals surface area contributed by atoms with Gasteiger partial charge in [0.2, 0.25) is 0 Å². The van der Waals surface area contributed by atoms with Crippen molar-refractivity contribution in [1.82, 2.24) is 4.98 Å². The molecule has 0 amide bonds. The fourth-order valence-electron chi connectivity index (χ4n) is 3.14. The Bertz CT molecular complexity index is 855. The molecule has 0 spiro atoms. The van der Waals surface area contributed by atoms with Crippen LogP contribution < -0.4 is 0 Å². The second-order valence-electron chi connectivity index (χ2n) is 8.25. The Morgan fingerprint density at radius 1 is 0.640 bits per heavy atom. The molecule has 3 rings (SSSR count). The van der Waals surface area contributed by atoms with Crippen molar-refractivity contribution in [2.45, 2.75) is 45.4 Å². The summed E-state index contributed by atoms with van der Waals surface area (Å²) < 4.78 is 0. The number of pyridine rings is 1. The highest BCUT2D eigenvalue weighted by Crippen LogP contribution is 2.34. The average Bonchev–Trinajstić information content (AvgIpc) is 2.62. The van der Waals surface area contributed by atoms with Crippen molar-refractivity contribution in [2.75, 3.05) is 0 Å². The van der Waals surface area contributed by atoms with Crippen LogP contribution in [-0.2, 0) is 10.8 Å². The molecule has 2 aromatic carbocycles. The van der Waals surface area contributed by atoms with Crippen LogP contribution in [0.15, 0.2) is 72.9 Å². The van der Waals surface area contributed by atoms with E-state index >= 15 is 0 Å². The first-order valence-electron chi connectivity index (χ1n) is 8.91. The number of hydrogen-bond acceptors (Lipinski definition) is 1. The maximum absolute atomic E-state index is 4.62. The molecule has 1 heterocycles. The monoisotopic (exact) mass is 329 g/mol. The summed E-state index contributed by atoms with van der Waals surface area (Å²) in [6.45, 7) is 11.3. The molecule has 1 nitrogen and oxygen atoms in total. The summed E-state index contributed by atoms with van der Waals surface area (Å²) in [5.41, 5.74) is 6.23. The Morgan fingerprint density at radius 3 is 2.00 bits per heavy atom. The molecule has 0 saturated carbocycles. The van der Waals surface area contributed by atoms with E-state index in [1.807, 2.05) is 6.20 Å². The van der Waals surface area contributed by atoms with E-state index in [2.05, 4.69) is 106 Å². The first-order valence-corrected chi connectivity index (χ1v) is 8.91. The molecule has 1 aromatic heterocycles. The lowest BCUT2D eigenvalue weighted by atomic mass is 9.77. The quantitative estimate of drug-likeness (QED) is 0.544. The van der Waals surface area contributed by atoms with Crippen molar-refractivity contribution in [2.24, 2.45) is 0 Å². The van der Waals surface area contributed by atoms with Crippen molar-refractivity contribution in [3.63, 3.8) is 0 Å². The van der Waals surface area contributed by atoms with E-state index in [-0.39, 0.29) is 10.8 Å². The first kappa shape index (κ1) is 17.4. The lowest BCUT2D eigenvalue weighted by Gasteiger charge is -2.26. The summed E-state index contributed by atoms with van der Waals surface area (Å²) in [6.07, 6.45) is 1.92. The third-order valence-electron chi connectivity index (χ3n) is 5.00. The number of rotatable bonds is 3. The van der Waals surface area contributed by atoms with Gasteiger partial charge in [-0.2, -0.15) is 0 Å². The topological polar surface area (TPSA) is 12.9 Å². The number of aromatic nitrogens is 1. The van der Waals surface area contributed by atoms with Crippen molar-refractivity contribution >= 4 is 0 Å². The first-order chi connectivity index (χ1) is 11.8. The third-order valence-corrected chi connectivity index (χ3v) is 5.00. The van der Waals surface area contributed by atoms with Gasteiger partial charge in [0, 0.05) is 17.2 Å². The predicted octanol–water partition coefficient (Wildman–Crippen LogP) is 6.37. The Kier molecular flexibility index (Phi) is 4.51. The number of nitrogens with zero attached hydrogens (tertiary/aromatic N) is 1. The van der Waals surface area contributed by atoms with Gasteiger partial charge in [-0.15, -0.1) is 0 Å². The highest BCUT2D eigenvalue weighted by Gasteiger charge is 2.23. The molecule has 3 aromatic rings. The zero-order chi connectivity index (χ0) is 18.1. The van der Waals surface area contributed by atoms with Crippen LogP contribution >= 0.6 is 0 Å². The van der Waals surface area contributed by atoms with E-state index in [0.717, 1.165) is 5.69 Å². The Morgan fingerprint density at radius 2 is 1.32 bits per heavy atom. The van der Waals surface area contributed by atoms with Gasteiger partial charge in [0.25, 0.3) is 0 Å². The molecular weight excluding hydrogens is 302 g/mol. The van der Waals surface area contributed by atoms with Crippen LogP contribution in [-0.4, -0.2) is 4.98 Å². The average molecular weight is 329 g/mol. The van der Waals surface area contributed by atoms with Gasteiger partial charge in [-0.1, -0.05) is 83.1 Å². The molecule has 25 heavy (non-hydrogen) atoms. The molecule has 1 heteroatoms. The van der Waals surface area contributed by atoms with Gasteiger partial charge in [-0.25, -0.2) is 0 Å². The molecular formula is C24H27N. The van der Waals surface area contributed by atoms with E-state index in [4.69, 9.17) is 0 Å². The van der Waals surface area contributed by atoms with Gasteiger partial charge in [-0.05, 0) is 40.3 Å². The summed E-state index contributed by atoms with van der Waals surface area (Å²) in [5, 5.41) is 0. The summed E-state index contributed by atoms with van der Waals surface area (Å²) in [5.74, 6) is 0. The smallest absolute Gasteiger partial charge is 0.0704 e. The van der Waals surface area contributed by atoms with Gasteiger partial charge in [-0.3, -0.25) is 4.98 Å². The van der Waals surface area contributed by atoms with Gasteiger partial charge >= 0.3 is 0 Å². The second kappa shape index (κ2) is 6.48. The van der Waals surface area contributed by atoms with Crippen LogP contribution in [0.25, 0.3) is 11.3 Å². The molecule has 0 aliphatic heterocycles. The van der Waals surface area contributed by atoms with Crippen LogP contribution in [0.1, 0.15) is 51.3 Å². The highest BCUT2D eigenvalue weighted by atomic mass is 14.7. The molecule has 0 bridgehead atoms. The third kappa shape index (κ3) is 3.66. The fourth-order valence-corrected chi connectivity index (χ4v) is 3.14. The Hall–Kier alpha value is -2.41. The molecule has 0 radical (unpaired) electrons. The molecule has 0 fully saturated rings. The lowest BCUT2D eigenvalue weighted by molar-refractivity contribution is 0.589. The van der Waals surface area contributed by atoms with Crippen molar-refractivity contribution in [1.29, 1.82) is 0 Å². The zero-order valence-corrected chi connectivity index (χ0v) is 15.9. The minimum atomic E-state index is -0.0428. The normalized spacial score (nSPS) is 12.2. The van der Waals surface area contributed by atoms with Crippen LogP contribution in [0.3, 0.4) is 0 Å². The summed E-state index contributed by atoms with van der Waals surface area (Å²) in [7, 11) is 0. The summed E-state index contributed by atoms with van der Waals surface area (Å²) in [4.78, 5) is 4.62. The van der Waals surface area contributed by atoms with Crippen molar-refractivity contribution < 1.29 is 0 Å². The van der Waals surface area contributed by atoms with E-state index in [9.17, 15) is 0 Å². The molecule has 0 atom stereocenters. The molecule has 0 N–H and O–H groups in total. The largest absolute Gasteiger partial charge is 0.256 e. The van der Waals surface area contributed by atoms with Gasteiger partial charge in [0.15, 0.2) is 0 Å². The minimum absolute atomic E-state index is 0.0428. The fraction of sp³-hybridized carbons (Fsp3) is 0.292. The molecule has 0 aliphatic rings. The molecule has 128 valence electrons. The van der Waals surface area contributed by atoms with Crippen LogP contribution in [0.2, 0.25) is 0 Å². The minimum Gasteiger partial charge on any atom is -0.256 e. The maximum Gasteiger partial charge on any atom is 0.0704 e. The van der Waals surface area contributed by atoms with Crippen LogP contribution in [0.5, 0.6) is 0 Å². The lowest BCUT2D eigenvalue weighted by Crippen LogP contribution is -2.18. The van der Waals surface area contributed by atoms with E-state index in [0.29, 0.717) is 0 Å². The van der Waals surface area contributed by atoms with Crippen LogP contribution in [0.4, 0.5) is 0 Å². The predicted molar refractivity (Wildman–Crippen MR) is 107 cm³/mol. The zero-order valence-electron chi connectivity index (χ0n) is 15.9. The van der Waals surface area contributed by atoms with Gasteiger partial charge < -0.3 is 0 Å². The standard InChI is InChI=1S/C24H27N/c1-23(2,3)20-14-15-25-22(17-20)18-10-9-13-21(16-18)24(4,5)19-11-7-6-8-12-19/h6-17H,1-5H3. The van der Waals surface area contributed by atoms with E-state index < -0.39 is 0 Å². The van der Waals surface area contributed by atoms with Crippen molar-refractivity contribution in [3.05, 3.63) is 89.6 Å². The summed E-state index contributed by atoms with van der Waals surface area (Å²) >= 11 is 0. The van der Waals surface area contributed by atoms with Gasteiger partial charge in [0.1, 0.15) is 0 Å². The summed E-state index contributed by atoms with van der Waals surface area (Å²) in [6, 6.07) is 23.8. The van der Waals surface area contributed by atoms with E-state index in [1.54, 1.807) is 0 Å². The molecule has 0 saturated heterocycles. The number of benzene rings is 2. The highest BCUT2D eigenvalue weighted by molar-refractivity contribution is 5.62. The molecule has 0 unspecified atom stereocenters. The second-order valence-corrected chi connectivity index (χ2v) is 8.25. The maximum atomic E-state index is 4.62. The number of hydrogen-bond donors (Lipinski definition) is 0. The van der Waals surface area contributed by atoms with E-state index in [1.165, 1.54) is 22.3 Å². The Balaban J connectivity index is 2.03. The van der Waals surface area contributed by atoms with Crippen LogP contribution in [0, 0.1) is 0 Å². The van der Waals surface area contributed by atoms with Gasteiger partial charge in [0.05, 0.1) is 5.69 Å². The van der Waals surface area contributed by atoms with Crippen molar-refractivity contribution in [3.8, 4) is 11.3 Å².